The minimum atomic E-state index is -3.69. The number of thiazole rings is 1. The van der Waals surface area contributed by atoms with Crippen LogP contribution >= 0.6 is 11.3 Å². The topological polar surface area (TPSA) is 117 Å². The Balaban J connectivity index is 1.92. The predicted molar refractivity (Wildman–Crippen MR) is 125 cm³/mol. The maximum atomic E-state index is 13.7. The number of sulfonamides is 1. The molecule has 0 bridgehead atoms. The van der Waals surface area contributed by atoms with E-state index in [-0.39, 0.29) is 12.2 Å². The molecule has 174 valence electrons. The Morgan fingerprint density at radius 1 is 1.19 bits per heavy atom. The third-order valence-corrected chi connectivity index (χ3v) is 8.19. The van der Waals surface area contributed by atoms with Crippen molar-refractivity contribution >= 4 is 39.0 Å². The van der Waals surface area contributed by atoms with E-state index in [0.29, 0.717) is 32.0 Å². The third-order valence-electron chi connectivity index (χ3n) is 5.64. The van der Waals surface area contributed by atoms with E-state index < -0.39 is 33.8 Å². The van der Waals surface area contributed by atoms with E-state index in [4.69, 9.17) is 5.73 Å². The summed E-state index contributed by atoms with van der Waals surface area (Å²) in [7, 11) is -1.75. The number of primary amides is 1. The number of carbonyl (C=O) groups is 2. The van der Waals surface area contributed by atoms with Crippen molar-refractivity contribution in [1.82, 2.24) is 14.2 Å². The fraction of sp³-hybridized carbons (Fsp3) is 0.476. The summed E-state index contributed by atoms with van der Waals surface area (Å²) < 4.78 is 27.9. The molecule has 1 aliphatic heterocycles. The van der Waals surface area contributed by atoms with E-state index in [9.17, 15) is 18.0 Å². The second-order valence-corrected chi connectivity index (χ2v) is 10.7. The second kappa shape index (κ2) is 10.5. The Hall–Kier alpha value is -2.34. The Bertz CT molecular complexity index is 1010. The first-order valence-corrected chi connectivity index (χ1v) is 12.9. The van der Waals surface area contributed by atoms with Gasteiger partial charge < -0.3 is 10.6 Å². The van der Waals surface area contributed by atoms with E-state index in [0.717, 1.165) is 5.56 Å². The number of likely N-dealkylation sites (N-methyl/N-ethyl adjacent to an activating group) is 1. The molecule has 1 fully saturated rings. The van der Waals surface area contributed by atoms with Crippen LogP contribution in [0.5, 0.6) is 0 Å². The lowest BCUT2D eigenvalue weighted by Gasteiger charge is -2.34. The van der Waals surface area contributed by atoms with Crippen LogP contribution in [0.3, 0.4) is 0 Å². The molecule has 0 radical (unpaired) electrons. The number of hydrogen-bond donors (Lipinski definition) is 1. The number of nitrogens with two attached hydrogens (primary N) is 1. The fourth-order valence-electron chi connectivity index (χ4n) is 3.69. The summed E-state index contributed by atoms with van der Waals surface area (Å²) in [4.78, 5) is 33.1. The molecule has 2 atom stereocenters. The van der Waals surface area contributed by atoms with Gasteiger partial charge in [0.15, 0.2) is 0 Å². The Labute approximate surface area is 192 Å². The highest BCUT2D eigenvalue weighted by atomic mass is 32.2. The normalized spacial score (nSPS) is 17.6. The number of piperazine rings is 1. The van der Waals surface area contributed by atoms with Crippen molar-refractivity contribution in [3.63, 3.8) is 0 Å². The van der Waals surface area contributed by atoms with Gasteiger partial charge in [-0.3, -0.25) is 14.5 Å². The summed E-state index contributed by atoms with van der Waals surface area (Å²) >= 11 is 1.28. The minimum Gasteiger partial charge on any atom is -0.368 e. The number of amides is 2. The zero-order valence-electron chi connectivity index (χ0n) is 18.3. The Kier molecular flexibility index (Phi) is 7.99. The highest BCUT2D eigenvalue weighted by Crippen LogP contribution is 2.24. The molecule has 11 heteroatoms. The zero-order chi connectivity index (χ0) is 23.3. The van der Waals surface area contributed by atoms with E-state index in [1.807, 2.05) is 37.4 Å². The number of nitrogens with zero attached hydrogens (tertiary/aromatic N) is 4. The van der Waals surface area contributed by atoms with Gasteiger partial charge in [-0.1, -0.05) is 30.3 Å². The van der Waals surface area contributed by atoms with E-state index in [1.54, 1.807) is 10.9 Å². The van der Waals surface area contributed by atoms with Gasteiger partial charge >= 0.3 is 0 Å². The van der Waals surface area contributed by atoms with Crippen LogP contribution < -0.4 is 10.6 Å². The molecular weight excluding hydrogens is 450 g/mol. The summed E-state index contributed by atoms with van der Waals surface area (Å²) in [6.07, 6.45) is 0.221. The molecule has 3 rings (SSSR count). The van der Waals surface area contributed by atoms with Crippen molar-refractivity contribution in [3.05, 3.63) is 46.8 Å². The van der Waals surface area contributed by atoms with E-state index in [2.05, 4.69) is 9.88 Å². The van der Waals surface area contributed by atoms with Gasteiger partial charge in [0.05, 0.1) is 17.2 Å². The van der Waals surface area contributed by atoms with Crippen molar-refractivity contribution in [2.45, 2.75) is 19.4 Å². The standard InChI is InChI=1S/C21H29N5O4S2/c1-16(20(22)27)26(19-13-31-15-23-19)21(28)18(12-17-6-4-3-5-7-17)14-32(29,30)25-10-8-24(2)9-11-25/h3-7,13,15-16,18H,8-12,14H2,1-2H3,(H2,22,27)/t16-,18?/m0/s1. The van der Waals surface area contributed by atoms with Crippen LogP contribution in [0.2, 0.25) is 0 Å². The summed E-state index contributed by atoms with van der Waals surface area (Å²) in [5.41, 5.74) is 7.89. The molecule has 9 nitrogen and oxygen atoms in total. The number of aromatic nitrogens is 1. The molecule has 2 aromatic rings. The van der Waals surface area contributed by atoms with Gasteiger partial charge in [-0.2, -0.15) is 4.31 Å². The summed E-state index contributed by atoms with van der Waals surface area (Å²) in [5, 5.41) is 1.64. The first kappa shape index (κ1) is 24.3. The smallest absolute Gasteiger partial charge is 0.240 e. The van der Waals surface area contributed by atoms with E-state index >= 15 is 0 Å². The highest BCUT2D eigenvalue weighted by molar-refractivity contribution is 7.89. The van der Waals surface area contributed by atoms with Crippen LogP contribution in [0, 0.1) is 5.92 Å². The van der Waals surface area contributed by atoms with Crippen LogP contribution in [0.4, 0.5) is 5.82 Å². The number of hydrogen-bond acceptors (Lipinski definition) is 7. The van der Waals surface area contributed by atoms with Crippen LogP contribution in [0.25, 0.3) is 0 Å². The van der Waals surface area contributed by atoms with Gasteiger partial charge in [0.2, 0.25) is 21.8 Å². The van der Waals surface area contributed by atoms with Gasteiger partial charge in [-0.15, -0.1) is 11.3 Å². The molecule has 1 unspecified atom stereocenters. The van der Waals surface area contributed by atoms with Gasteiger partial charge in [0.25, 0.3) is 0 Å². The summed E-state index contributed by atoms with van der Waals surface area (Å²) in [6, 6.07) is 8.29. The lowest BCUT2D eigenvalue weighted by molar-refractivity contribution is -0.126. The van der Waals surface area contributed by atoms with Crippen LogP contribution in [-0.2, 0) is 26.0 Å². The SMILES string of the molecule is C[C@@H](C(N)=O)N(C(=O)C(Cc1ccccc1)CS(=O)(=O)N1CCN(C)CC1)c1cscn1. The molecule has 2 heterocycles. The first-order chi connectivity index (χ1) is 15.2. The molecule has 1 aliphatic rings. The maximum Gasteiger partial charge on any atom is 0.240 e. The van der Waals surface area contributed by atoms with Crippen molar-refractivity contribution in [3.8, 4) is 0 Å². The molecule has 0 saturated carbocycles. The highest BCUT2D eigenvalue weighted by Gasteiger charge is 2.37. The lowest BCUT2D eigenvalue weighted by atomic mass is 9.99. The van der Waals surface area contributed by atoms with Gasteiger partial charge in [-0.25, -0.2) is 13.4 Å². The van der Waals surface area contributed by atoms with Crippen molar-refractivity contribution in [2.24, 2.45) is 11.7 Å². The number of benzene rings is 1. The van der Waals surface area contributed by atoms with Crippen molar-refractivity contribution in [1.29, 1.82) is 0 Å². The molecule has 1 aromatic heterocycles. The zero-order valence-corrected chi connectivity index (χ0v) is 19.9. The third kappa shape index (κ3) is 5.91. The largest absolute Gasteiger partial charge is 0.368 e. The van der Waals surface area contributed by atoms with Gasteiger partial charge in [0, 0.05) is 31.6 Å². The molecular formula is C21H29N5O4S2. The maximum absolute atomic E-state index is 13.7. The molecule has 1 aromatic carbocycles. The van der Waals surface area contributed by atoms with Gasteiger partial charge in [0.1, 0.15) is 11.9 Å². The molecule has 32 heavy (non-hydrogen) atoms. The quantitative estimate of drug-likeness (QED) is 0.568. The predicted octanol–water partition coefficient (Wildman–Crippen LogP) is 0.786. The Morgan fingerprint density at radius 3 is 2.41 bits per heavy atom. The minimum absolute atomic E-state index is 0.221. The fourth-order valence-corrected chi connectivity index (χ4v) is 5.92. The van der Waals surface area contributed by atoms with Crippen LogP contribution in [-0.4, -0.2) is 79.4 Å². The van der Waals surface area contributed by atoms with Crippen LogP contribution in [0.1, 0.15) is 12.5 Å². The lowest BCUT2D eigenvalue weighted by Crippen LogP contribution is -2.52. The average Bonchev–Trinajstić information content (AvgIpc) is 3.28. The monoisotopic (exact) mass is 479 g/mol. The summed E-state index contributed by atoms with van der Waals surface area (Å²) in [6.45, 7) is 3.58. The molecule has 2 N–H and O–H groups in total. The molecule has 2 amide bonds. The molecule has 1 saturated heterocycles. The molecule has 0 spiro atoms. The Morgan fingerprint density at radius 2 is 1.84 bits per heavy atom. The number of carbonyl (C=O) groups excluding carboxylic acids is 2. The number of rotatable bonds is 9. The molecule has 0 aliphatic carbocycles. The van der Waals surface area contributed by atoms with Crippen molar-refractivity contribution in [2.75, 3.05) is 43.9 Å². The summed E-state index contributed by atoms with van der Waals surface area (Å²) in [5.74, 6) is -2.13. The van der Waals surface area contributed by atoms with Crippen molar-refractivity contribution < 1.29 is 18.0 Å². The van der Waals surface area contributed by atoms with E-state index in [1.165, 1.54) is 27.5 Å². The first-order valence-electron chi connectivity index (χ1n) is 10.4. The van der Waals surface area contributed by atoms with Crippen LogP contribution in [0.15, 0.2) is 41.2 Å². The average molecular weight is 480 g/mol. The number of anilines is 1. The second-order valence-electron chi connectivity index (χ2n) is 8.00. The van der Waals surface area contributed by atoms with Gasteiger partial charge in [-0.05, 0) is 26.0 Å².